The fraction of sp³-hybridized carbons (Fsp3) is 0.720. The predicted octanol–water partition coefficient (Wildman–Crippen LogP) is 3.69. The highest BCUT2D eigenvalue weighted by Gasteiger charge is 2.59. The molecule has 4 unspecified atom stereocenters. The lowest BCUT2D eigenvalue weighted by molar-refractivity contribution is -0.168. The van der Waals surface area contributed by atoms with E-state index in [1.54, 1.807) is 0 Å². The Balaban J connectivity index is 1.16. The van der Waals surface area contributed by atoms with Gasteiger partial charge in [0, 0.05) is 49.8 Å². The van der Waals surface area contributed by atoms with Gasteiger partial charge in [-0.1, -0.05) is 36.8 Å². The highest BCUT2D eigenvalue weighted by molar-refractivity contribution is 5.80. The monoisotopic (exact) mass is 410 g/mol. The first-order chi connectivity index (χ1) is 14.7. The summed E-state index contributed by atoms with van der Waals surface area (Å²) in [6.07, 6.45) is 10.6. The minimum atomic E-state index is 0.367. The lowest BCUT2D eigenvalue weighted by Gasteiger charge is -2.61. The van der Waals surface area contributed by atoms with E-state index >= 15 is 0 Å². The smallest absolute Gasteiger partial charge is 0.191 e. The third kappa shape index (κ3) is 3.64. The minimum absolute atomic E-state index is 0.367. The van der Waals surface area contributed by atoms with Crippen LogP contribution in [0.2, 0.25) is 0 Å². The van der Waals surface area contributed by atoms with Crippen LogP contribution in [0.15, 0.2) is 35.3 Å². The summed E-state index contributed by atoms with van der Waals surface area (Å²) in [4.78, 5) is 7.35. The molecular formula is C25H38N4O. The van der Waals surface area contributed by atoms with Gasteiger partial charge in [-0.25, -0.2) is 0 Å². The molecule has 1 aromatic carbocycles. The van der Waals surface area contributed by atoms with Crippen LogP contribution in [0, 0.1) is 5.41 Å². The van der Waals surface area contributed by atoms with Crippen LogP contribution in [0.25, 0.3) is 0 Å². The van der Waals surface area contributed by atoms with Gasteiger partial charge in [0.2, 0.25) is 0 Å². The molecule has 2 saturated heterocycles. The van der Waals surface area contributed by atoms with E-state index in [4.69, 9.17) is 4.74 Å². The molecule has 0 radical (unpaired) electrons. The van der Waals surface area contributed by atoms with Crippen LogP contribution < -0.4 is 10.6 Å². The Bertz CT molecular complexity index is 733. The average Bonchev–Trinajstić information content (AvgIpc) is 2.94. The first-order valence-corrected chi connectivity index (χ1v) is 12.1. The van der Waals surface area contributed by atoms with Gasteiger partial charge in [0.05, 0.1) is 6.10 Å². The van der Waals surface area contributed by atoms with E-state index in [1.165, 1.54) is 50.5 Å². The summed E-state index contributed by atoms with van der Waals surface area (Å²) in [5, 5.41) is 7.57. The Hall–Kier alpha value is -1.59. The summed E-state index contributed by atoms with van der Waals surface area (Å²) in [5.41, 5.74) is 1.81. The van der Waals surface area contributed by atoms with Crippen LogP contribution in [-0.2, 0) is 11.3 Å². The minimum Gasteiger partial charge on any atom is -0.378 e. The van der Waals surface area contributed by atoms with Crippen LogP contribution in [0.1, 0.15) is 63.9 Å². The molecule has 30 heavy (non-hydrogen) atoms. The summed E-state index contributed by atoms with van der Waals surface area (Å²) in [7, 11) is 1.92. The zero-order chi connectivity index (χ0) is 20.6. The second-order valence-electron chi connectivity index (χ2n) is 9.89. The Morgan fingerprint density at radius 2 is 1.83 bits per heavy atom. The standard InChI is InChI=1S/C25H38N4O/c1-3-30-23-16-22(25(23)12-7-13-25)28-24(26-2)27-19-14-20-10-11-21(15-19)29(20)17-18-8-5-4-6-9-18/h4-6,8-9,19-23H,3,7,10-17H2,1-2H3,(H2,26,27,28). The van der Waals surface area contributed by atoms with E-state index in [2.05, 4.69) is 57.8 Å². The molecule has 4 fully saturated rings. The van der Waals surface area contributed by atoms with Gasteiger partial charge < -0.3 is 15.4 Å². The summed E-state index contributed by atoms with van der Waals surface area (Å²) in [5.74, 6) is 1.00. The molecular weight excluding hydrogens is 372 g/mol. The largest absolute Gasteiger partial charge is 0.378 e. The quantitative estimate of drug-likeness (QED) is 0.555. The molecule has 0 amide bonds. The number of guanidine groups is 1. The van der Waals surface area contributed by atoms with Crippen molar-refractivity contribution in [2.24, 2.45) is 10.4 Å². The maximum Gasteiger partial charge on any atom is 0.191 e. The molecule has 2 bridgehead atoms. The molecule has 5 rings (SSSR count). The molecule has 0 aromatic heterocycles. The fourth-order valence-electron chi connectivity index (χ4n) is 6.61. The molecule has 164 valence electrons. The van der Waals surface area contributed by atoms with Crippen molar-refractivity contribution in [3.63, 3.8) is 0 Å². The van der Waals surface area contributed by atoms with Gasteiger partial charge in [-0.3, -0.25) is 9.89 Å². The van der Waals surface area contributed by atoms with Crippen molar-refractivity contribution in [2.45, 2.75) is 95.1 Å². The predicted molar refractivity (Wildman–Crippen MR) is 122 cm³/mol. The fourth-order valence-corrected chi connectivity index (χ4v) is 6.61. The summed E-state index contributed by atoms with van der Waals surface area (Å²) < 4.78 is 6.02. The molecule has 5 heteroatoms. The Labute approximate surface area is 181 Å². The third-order valence-corrected chi connectivity index (χ3v) is 8.41. The van der Waals surface area contributed by atoms with Gasteiger partial charge in [0.25, 0.3) is 0 Å². The van der Waals surface area contributed by atoms with Gasteiger partial charge >= 0.3 is 0 Å². The highest BCUT2D eigenvalue weighted by atomic mass is 16.5. The number of hydrogen-bond acceptors (Lipinski definition) is 3. The Morgan fingerprint density at radius 3 is 2.43 bits per heavy atom. The molecule has 2 saturated carbocycles. The van der Waals surface area contributed by atoms with E-state index < -0.39 is 0 Å². The molecule has 2 aliphatic carbocycles. The van der Waals surface area contributed by atoms with Crippen LogP contribution in [0.5, 0.6) is 0 Å². The maximum absolute atomic E-state index is 6.02. The van der Waals surface area contributed by atoms with Gasteiger partial charge in [0.15, 0.2) is 5.96 Å². The number of nitrogens with one attached hydrogen (secondary N) is 2. The zero-order valence-electron chi connectivity index (χ0n) is 18.6. The first-order valence-electron chi connectivity index (χ1n) is 12.1. The molecule has 4 aliphatic rings. The number of aliphatic imine (C=N–C) groups is 1. The molecule has 4 atom stereocenters. The molecule has 1 aromatic rings. The number of rotatable bonds is 6. The molecule has 2 heterocycles. The van der Waals surface area contributed by atoms with E-state index in [0.717, 1.165) is 25.5 Å². The van der Waals surface area contributed by atoms with E-state index in [9.17, 15) is 0 Å². The number of ether oxygens (including phenoxy) is 1. The number of benzene rings is 1. The van der Waals surface area contributed by atoms with Gasteiger partial charge in [-0.05, 0) is 57.4 Å². The Kier molecular flexibility index (Phi) is 5.76. The normalized spacial score (nSPS) is 35.0. The molecule has 2 aliphatic heterocycles. The van der Waals surface area contributed by atoms with Gasteiger partial charge in [-0.2, -0.15) is 0 Å². The van der Waals surface area contributed by atoms with Crippen LogP contribution in [0.4, 0.5) is 0 Å². The van der Waals surface area contributed by atoms with Gasteiger partial charge in [-0.15, -0.1) is 0 Å². The Morgan fingerprint density at radius 1 is 1.10 bits per heavy atom. The number of piperidine rings is 1. The number of fused-ring (bicyclic) bond motifs is 2. The van der Waals surface area contributed by atoms with Crippen molar-refractivity contribution in [1.29, 1.82) is 0 Å². The van der Waals surface area contributed by atoms with Crippen LogP contribution in [0.3, 0.4) is 0 Å². The van der Waals surface area contributed by atoms with E-state index in [0.29, 0.717) is 35.7 Å². The molecule has 2 N–H and O–H groups in total. The summed E-state index contributed by atoms with van der Waals surface area (Å²) in [6, 6.07) is 13.4. The van der Waals surface area contributed by atoms with Crippen molar-refractivity contribution < 1.29 is 4.74 Å². The SMILES string of the molecule is CCOC1CC(NC(=NC)NC2CC3CCC(C2)N3Cc2ccccc2)C12CCC2. The molecule has 5 nitrogen and oxygen atoms in total. The molecule has 1 spiro atoms. The first kappa shape index (κ1) is 20.3. The van der Waals surface area contributed by atoms with Crippen molar-refractivity contribution in [3.05, 3.63) is 35.9 Å². The van der Waals surface area contributed by atoms with Crippen molar-refractivity contribution >= 4 is 5.96 Å². The van der Waals surface area contributed by atoms with Crippen molar-refractivity contribution in [2.75, 3.05) is 13.7 Å². The zero-order valence-corrected chi connectivity index (χ0v) is 18.6. The highest BCUT2D eigenvalue weighted by Crippen LogP contribution is 2.57. The lowest BCUT2D eigenvalue weighted by atomic mass is 9.51. The maximum atomic E-state index is 6.02. The van der Waals surface area contributed by atoms with Crippen LogP contribution >= 0.6 is 0 Å². The van der Waals surface area contributed by atoms with Crippen LogP contribution in [-0.4, -0.2) is 54.8 Å². The average molecular weight is 411 g/mol. The number of nitrogens with zero attached hydrogens (tertiary/aromatic N) is 2. The van der Waals surface area contributed by atoms with Gasteiger partial charge in [0.1, 0.15) is 0 Å². The van der Waals surface area contributed by atoms with E-state index in [1.807, 2.05) is 7.05 Å². The third-order valence-electron chi connectivity index (χ3n) is 8.41. The second-order valence-corrected chi connectivity index (χ2v) is 9.89. The lowest BCUT2D eigenvalue weighted by Crippen LogP contribution is -2.69. The van der Waals surface area contributed by atoms with E-state index in [-0.39, 0.29) is 0 Å². The second kappa shape index (κ2) is 8.51. The topological polar surface area (TPSA) is 48.9 Å². The van der Waals surface area contributed by atoms with Crippen molar-refractivity contribution in [1.82, 2.24) is 15.5 Å². The number of hydrogen-bond donors (Lipinski definition) is 2. The van der Waals surface area contributed by atoms with Crippen molar-refractivity contribution in [3.8, 4) is 0 Å². The summed E-state index contributed by atoms with van der Waals surface area (Å²) in [6.45, 7) is 4.04. The summed E-state index contributed by atoms with van der Waals surface area (Å²) >= 11 is 0.